The molecule has 3 aromatic rings. The van der Waals surface area contributed by atoms with Crippen molar-refractivity contribution >= 4 is 0 Å². The molecule has 2 atom stereocenters. The largest absolute Gasteiger partial charge is 0.491 e. The predicted molar refractivity (Wildman–Crippen MR) is 129 cm³/mol. The second kappa shape index (κ2) is 11.5. The molecule has 2 heterocycles. The molecule has 1 aliphatic heterocycles. The van der Waals surface area contributed by atoms with E-state index in [1.807, 2.05) is 0 Å². The van der Waals surface area contributed by atoms with Gasteiger partial charge in [-0.15, -0.1) is 0 Å². The number of hydrogen-bond donors (Lipinski definition) is 0. The molecule has 4 nitrogen and oxygen atoms in total. The van der Waals surface area contributed by atoms with E-state index >= 15 is 0 Å². The van der Waals surface area contributed by atoms with Gasteiger partial charge in [0, 0.05) is 18.3 Å². The number of unbranched alkanes of at least 4 members (excludes halogenated alkanes) is 2. The van der Waals surface area contributed by atoms with Gasteiger partial charge in [-0.1, -0.05) is 44.0 Å². The van der Waals surface area contributed by atoms with E-state index in [-0.39, 0.29) is 35.8 Å². The monoisotopic (exact) mass is 466 g/mol. The van der Waals surface area contributed by atoms with Gasteiger partial charge < -0.3 is 9.47 Å². The highest BCUT2D eigenvalue weighted by molar-refractivity contribution is 5.57. The van der Waals surface area contributed by atoms with Crippen molar-refractivity contribution in [2.75, 3.05) is 13.2 Å². The fraction of sp³-hybridized carbons (Fsp3) is 0.429. The van der Waals surface area contributed by atoms with Crippen molar-refractivity contribution in [2.24, 2.45) is 0 Å². The quantitative estimate of drug-likeness (QED) is 0.313. The maximum absolute atomic E-state index is 14.5. The number of aromatic nitrogens is 2. The Bertz CT molecular complexity index is 1060. The lowest BCUT2D eigenvalue weighted by Crippen LogP contribution is -2.19. The Morgan fingerprint density at radius 3 is 2.32 bits per heavy atom. The first-order valence-corrected chi connectivity index (χ1v) is 12.2. The minimum absolute atomic E-state index is 0.0191. The number of hydrogen-bond acceptors (Lipinski definition) is 4. The molecule has 1 aromatic heterocycles. The Balaban J connectivity index is 1.36. The minimum atomic E-state index is -1.02. The van der Waals surface area contributed by atoms with E-state index in [1.54, 1.807) is 19.3 Å². The van der Waals surface area contributed by atoms with Gasteiger partial charge in [-0.25, -0.2) is 14.4 Å². The van der Waals surface area contributed by atoms with Crippen LogP contribution in [-0.4, -0.2) is 23.2 Å². The summed E-state index contributed by atoms with van der Waals surface area (Å²) < 4.78 is 40.0. The van der Waals surface area contributed by atoms with Crippen molar-refractivity contribution in [2.45, 2.75) is 64.4 Å². The van der Waals surface area contributed by atoms with Crippen molar-refractivity contribution in [3.05, 3.63) is 77.1 Å². The topological polar surface area (TPSA) is 44.2 Å². The molecule has 0 spiro atoms. The molecule has 2 unspecified atom stereocenters. The van der Waals surface area contributed by atoms with Crippen LogP contribution in [0.4, 0.5) is 8.78 Å². The van der Waals surface area contributed by atoms with E-state index in [0.29, 0.717) is 6.61 Å². The standard InChI is InChI=1S/C28H32F2N2O2/c1-3-5-6-7-19-8-10-20(11-9-19)24-14-12-21(18-34-24)22-16-31-28(32-17-22)23-13-15-25(33-4-2)27(30)26(23)29/h8-11,13,15-17,21,24H,3-7,12,14,18H2,1-2H3. The molecular weight excluding hydrogens is 434 g/mol. The minimum Gasteiger partial charge on any atom is -0.491 e. The average Bonchev–Trinajstić information content (AvgIpc) is 2.88. The van der Waals surface area contributed by atoms with Gasteiger partial charge in [0.15, 0.2) is 17.4 Å². The number of benzene rings is 2. The van der Waals surface area contributed by atoms with Crippen LogP contribution in [0.25, 0.3) is 11.4 Å². The molecule has 4 rings (SSSR count). The van der Waals surface area contributed by atoms with Gasteiger partial charge in [-0.3, -0.25) is 0 Å². The molecule has 2 aromatic carbocycles. The highest BCUT2D eigenvalue weighted by Crippen LogP contribution is 2.36. The summed E-state index contributed by atoms with van der Waals surface area (Å²) in [4.78, 5) is 8.61. The first kappa shape index (κ1) is 24.3. The van der Waals surface area contributed by atoms with Crippen LogP contribution in [0.2, 0.25) is 0 Å². The first-order chi connectivity index (χ1) is 16.6. The Kier molecular flexibility index (Phi) is 8.22. The van der Waals surface area contributed by atoms with Crippen molar-refractivity contribution in [1.29, 1.82) is 0 Å². The molecule has 0 radical (unpaired) electrons. The van der Waals surface area contributed by atoms with Gasteiger partial charge in [0.1, 0.15) is 0 Å². The summed E-state index contributed by atoms with van der Waals surface area (Å²) in [7, 11) is 0. The number of nitrogens with zero attached hydrogens (tertiary/aromatic N) is 2. The number of halogens is 2. The lowest BCUT2D eigenvalue weighted by Gasteiger charge is -2.29. The van der Waals surface area contributed by atoms with Crippen molar-refractivity contribution in [3.63, 3.8) is 0 Å². The molecular formula is C28H32F2N2O2. The van der Waals surface area contributed by atoms with Crippen LogP contribution in [0.5, 0.6) is 5.75 Å². The molecule has 6 heteroatoms. The van der Waals surface area contributed by atoms with Crippen LogP contribution in [0.1, 0.15) is 74.7 Å². The molecule has 0 aliphatic carbocycles. The molecule has 34 heavy (non-hydrogen) atoms. The fourth-order valence-corrected chi connectivity index (χ4v) is 4.41. The van der Waals surface area contributed by atoms with Crippen LogP contribution >= 0.6 is 0 Å². The van der Waals surface area contributed by atoms with Crippen molar-refractivity contribution < 1.29 is 18.3 Å². The fourth-order valence-electron chi connectivity index (χ4n) is 4.41. The van der Waals surface area contributed by atoms with Gasteiger partial charge >= 0.3 is 0 Å². The highest BCUT2D eigenvalue weighted by Gasteiger charge is 2.25. The van der Waals surface area contributed by atoms with E-state index in [2.05, 4.69) is 41.2 Å². The lowest BCUT2D eigenvalue weighted by molar-refractivity contribution is 0.00225. The maximum Gasteiger partial charge on any atom is 0.201 e. The molecule has 1 fully saturated rings. The maximum atomic E-state index is 14.5. The summed E-state index contributed by atoms with van der Waals surface area (Å²) in [5, 5.41) is 0. The Labute approximate surface area is 200 Å². The highest BCUT2D eigenvalue weighted by atomic mass is 19.2. The Morgan fingerprint density at radius 2 is 1.68 bits per heavy atom. The van der Waals surface area contributed by atoms with E-state index in [1.165, 1.54) is 42.5 Å². The zero-order valence-corrected chi connectivity index (χ0v) is 19.9. The zero-order chi connectivity index (χ0) is 23.9. The predicted octanol–water partition coefficient (Wildman–Crippen LogP) is 7.19. The van der Waals surface area contributed by atoms with Gasteiger partial charge in [-0.05, 0) is 61.4 Å². The van der Waals surface area contributed by atoms with Gasteiger partial charge in [-0.2, -0.15) is 4.39 Å². The molecule has 180 valence electrons. The zero-order valence-electron chi connectivity index (χ0n) is 19.9. The van der Waals surface area contributed by atoms with Crippen LogP contribution in [0.3, 0.4) is 0 Å². The summed E-state index contributed by atoms with van der Waals surface area (Å²) >= 11 is 0. The summed E-state index contributed by atoms with van der Waals surface area (Å²) in [6.07, 6.45) is 10.2. The molecule has 0 saturated carbocycles. The van der Waals surface area contributed by atoms with Gasteiger partial charge in [0.25, 0.3) is 0 Å². The number of aryl methyl sites for hydroxylation is 1. The first-order valence-electron chi connectivity index (χ1n) is 12.2. The molecule has 1 aliphatic rings. The SMILES string of the molecule is CCCCCc1ccc(C2CCC(c3cnc(-c4ccc(OCC)c(F)c4F)nc3)CO2)cc1. The third kappa shape index (κ3) is 5.61. The Morgan fingerprint density at radius 1 is 0.912 bits per heavy atom. The summed E-state index contributed by atoms with van der Waals surface area (Å²) in [5.41, 5.74) is 3.56. The number of ether oxygens (including phenoxy) is 2. The summed E-state index contributed by atoms with van der Waals surface area (Å²) in [6, 6.07) is 11.7. The smallest absolute Gasteiger partial charge is 0.201 e. The van der Waals surface area contributed by atoms with E-state index in [4.69, 9.17) is 9.47 Å². The molecule has 0 amide bonds. The molecule has 1 saturated heterocycles. The van der Waals surface area contributed by atoms with Crippen LogP contribution < -0.4 is 4.74 Å². The second-order valence-corrected chi connectivity index (χ2v) is 8.81. The molecule has 0 N–H and O–H groups in total. The second-order valence-electron chi connectivity index (χ2n) is 8.81. The normalized spacial score (nSPS) is 18.1. The van der Waals surface area contributed by atoms with Gasteiger partial charge in [0.2, 0.25) is 5.82 Å². The number of rotatable bonds is 9. The lowest BCUT2D eigenvalue weighted by atomic mass is 9.90. The summed E-state index contributed by atoms with van der Waals surface area (Å²) in [5.74, 6) is -1.80. The van der Waals surface area contributed by atoms with Crippen molar-refractivity contribution in [3.8, 4) is 17.1 Å². The molecule has 0 bridgehead atoms. The Hall–Kier alpha value is -2.86. The van der Waals surface area contributed by atoms with Crippen LogP contribution in [-0.2, 0) is 11.2 Å². The summed E-state index contributed by atoms with van der Waals surface area (Å²) in [6.45, 7) is 4.78. The third-order valence-corrected chi connectivity index (χ3v) is 6.43. The van der Waals surface area contributed by atoms with Crippen LogP contribution in [0, 0.1) is 11.6 Å². The van der Waals surface area contributed by atoms with Crippen molar-refractivity contribution in [1.82, 2.24) is 9.97 Å². The van der Waals surface area contributed by atoms with E-state index < -0.39 is 11.6 Å². The van der Waals surface area contributed by atoms with E-state index in [0.717, 1.165) is 24.8 Å². The average molecular weight is 467 g/mol. The van der Waals surface area contributed by atoms with E-state index in [9.17, 15) is 8.78 Å². The van der Waals surface area contributed by atoms with Gasteiger partial charge in [0.05, 0.1) is 24.9 Å². The third-order valence-electron chi connectivity index (χ3n) is 6.43. The van der Waals surface area contributed by atoms with Crippen LogP contribution in [0.15, 0.2) is 48.8 Å².